The van der Waals surface area contributed by atoms with E-state index in [1.165, 1.54) is 0 Å². The number of aromatic nitrogens is 3. The van der Waals surface area contributed by atoms with Gasteiger partial charge in [-0.3, -0.25) is 9.89 Å². The first kappa shape index (κ1) is 14.8. The van der Waals surface area contributed by atoms with Crippen LogP contribution in [0.3, 0.4) is 0 Å². The number of carbonyl (C=O) groups excluding carboxylic acids is 1. The van der Waals surface area contributed by atoms with E-state index in [0.29, 0.717) is 12.3 Å². The molecule has 6 nitrogen and oxygen atoms in total. The van der Waals surface area contributed by atoms with E-state index >= 15 is 0 Å². The van der Waals surface area contributed by atoms with Crippen LogP contribution in [0.25, 0.3) is 0 Å². The number of hydrogen-bond acceptors (Lipinski definition) is 4. The van der Waals surface area contributed by atoms with Gasteiger partial charge in [0.15, 0.2) is 5.82 Å². The molecule has 0 radical (unpaired) electrons. The number of likely N-dealkylation sites (tertiary alicyclic amines) is 1. The van der Waals surface area contributed by atoms with Crippen LogP contribution in [0.1, 0.15) is 49.3 Å². The molecule has 0 bridgehead atoms. The van der Waals surface area contributed by atoms with Gasteiger partial charge in [-0.15, -0.1) is 0 Å². The molecule has 22 heavy (non-hydrogen) atoms. The summed E-state index contributed by atoms with van der Waals surface area (Å²) in [4.78, 5) is 18.7. The molecule has 118 valence electrons. The van der Waals surface area contributed by atoms with E-state index in [0.717, 1.165) is 56.0 Å². The molecule has 0 saturated carbocycles. The molecular formula is C16H22N4O2. The molecular weight excluding hydrogens is 280 g/mol. The fourth-order valence-corrected chi connectivity index (χ4v) is 2.88. The average molecular weight is 302 g/mol. The predicted molar refractivity (Wildman–Crippen MR) is 81.3 cm³/mol. The molecule has 1 fully saturated rings. The van der Waals surface area contributed by atoms with Gasteiger partial charge in [-0.25, -0.2) is 4.98 Å². The summed E-state index contributed by atoms with van der Waals surface area (Å²) < 4.78 is 5.02. The molecule has 1 saturated heterocycles. The Kier molecular flexibility index (Phi) is 4.56. The van der Waals surface area contributed by atoms with Crippen molar-refractivity contribution in [1.29, 1.82) is 0 Å². The van der Waals surface area contributed by atoms with Crippen LogP contribution in [-0.4, -0.2) is 39.1 Å². The molecule has 0 unspecified atom stereocenters. The second-order valence-corrected chi connectivity index (χ2v) is 5.78. The van der Waals surface area contributed by atoms with Crippen molar-refractivity contribution >= 4 is 5.91 Å². The van der Waals surface area contributed by atoms with E-state index in [4.69, 9.17) is 4.42 Å². The second-order valence-electron chi connectivity index (χ2n) is 5.78. The number of nitrogens with zero attached hydrogens (tertiary/aromatic N) is 3. The largest absolute Gasteiger partial charge is 0.472 e. The number of nitrogens with one attached hydrogen (secondary N) is 1. The van der Waals surface area contributed by atoms with Crippen molar-refractivity contribution in [2.45, 2.75) is 44.9 Å². The monoisotopic (exact) mass is 302 g/mol. The number of rotatable bonds is 5. The maximum atomic E-state index is 12.2. The molecule has 0 atom stereocenters. The van der Waals surface area contributed by atoms with Crippen LogP contribution >= 0.6 is 0 Å². The molecule has 0 spiro atoms. The lowest BCUT2D eigenvalue weighted by atomic mass is 9.96. The minimum atomic E-state index is 0.226. The summed E-state index contributed by atoms with van der Waals surface area (Å²) in [7, 11) is 0. The summed E-state index contributed by atoms with van der Waals surface area (Å²) in [5, 5.41) is 7.27. The molecule has 2 aromatic rings. The van der Waals surface area contributed by atoms with Gasteiger partial charge in [-0.05, 0) is 30.9 Å². The predicted octanol–water partition coefficient (Wildman–Crippen LogP) is 2.30. The van der Waals surface area contributed by atoms with Crippen molar-refractivity contribution in [2.24, 2.45) is 0 Å². The molecule has 1 amide bonds. The Labute approximate surface area is 129 Å². The highest BCUT2D eigenvalue weighted by molar-refractivity contribution is 5.76. The van der Waals surface area contributed by atoms with Crippen LogP contribution in [0, 0.1) is 0 Å². The summed E-state index contributed by atoms with van der Waals surface area (Å²) in [6, 6.07) is 1.91. The Morgan fingerprint density at radius 2 is 2.27 bits per heavy atom. The van der Waals surface area contributed by atoms with Gasteiger partial charge in [0.05, 0.1) is 12.5 Å². The van der Waals surface area contributed by atoms with Crippen LogP contribution < -0.4 is 0 Å². The zero-order chi connectivity index (χ0) is 15.4. The Hall–Kier alpha value is -2.11. The number of furan rings is 1. The summed E-state index contributed by atoms with van der Waals surface area (Å²) >= 11 is 0. The van der Waals surface area contributed by atoms with E-state index in [1.54, 1.807) is 12.5 Å². The van der Waals surface area contributed by atoms with E-state index in [2.05, 4.69) is 22.1 Å². The van der Waals surface area contributed by atoms with Gasteiger partial charge >= 0.3 is 0 Å². The van der Waals surface area contributed by atoms with Crippen molar-refractivity contribution in [3.63, 3.8) is 0 Å². The first-order valence-electron chi connectivity index (χ1n) is 7.96. The Morgan fingerprint density at radius 3 is 2.91 bits per heavy atom. The highest BCUT2D eigenvalue weighted by Crippen LogP contribution is 2.26. The molecule has 1 aliphatic heterocycles. The standard InChI is InChI=1S/C16H22N4O2/c1-2-14-17-16(19-18-14)13-5-8-20(9-6-13)15(21)4-3-12-7-10-22-11-12/h7,10-11,13H,2-6,8-9H2,1H3,(H,17,18,19). The highest BCUT2D eigenvalue weighted by Gasteiger charge is 2.26. The molecule has 2 aromatic heterocycles. The Morgan fingerprint density at radius 1 is 1.45 bits per heavy atom. The average Bonchev–Trinajstić information content (AvgIpc) is 3.24. The lowest BCUT2D eigenvalue weighted by Crippen LogP contribution is -2.38. The molecule has 0 aliphatic carbocycles. The van der Waals surface area contributed by atoms with Crippen molar-refractivity contribution in [1.82, 2.24) is 20.1 Å². The normalized spacial score (nSPS) is 16.1. The molecule has 0 aromatic carbocycles. The number of carbonyl (C=O) groups is 1. The van der Waals surface area contributed by atoms with Crippen LogP contribution in [0.5, 0.6) is 0 Å². The summed E-state index contributed by atoms with van der Waals surface area (Å²) in [5.41, 5.74) is 1.08. The Bertz CT molecular complexity index is 597. The molecule has 1 aliphatic rings. The van der Waals surface area contributed by atoms with Gasteiger partial charge in [0.2, 0.25) is 5.91 Å². The van der Waals surface area contributed by atoms with Crippen LogP contribution in [0.4, 0.5) is 0 Å². The van der Waals surface area contributed by atoms with Crippen LogP contribution in [0.15, 0.2) is 23.0 Å². The minimum Gasteiger partial charge on any atom is -0.472 e. The van der Waals surface area contributed by atoms with Crippen molar-refractivity contribution in [3.8, 4) is 0 Å². The molecule has 1 N–H and O–H groups in total. The number of hydrogen-bond donors (Lipinski definition) is 1. The van der Waals surface area contributed by atoms with E-state index < -0.39 is 0 Å². The van der Waals surface area contributed by atoms with Gasteiger partial charge in [0.25, 0.3) is 0 Å². The fourth-order valence-electron chi connectivity index (χ4n) is 2.88. The number of aryl methyl sites for hydroxylation is 2. The SMILES string of the molecule is CCc1nc(C2CCN(C(=O)CCc3ccoc3)CC2)n[nH]1. The zero-order valence-electron chi connectivity index (χ0n) is 12.9. The maximum absolute atomic E-state index is 12.2. The second kappa shape index (κ2) is 6.77. The maximum Gasteiger partial charge on any atom is 0.222 e. The highest BCUT2D eigenvalue weighted by atomic mass is 16.3. The van der Waals surface area contributed by atoms with Crippen LogP contribution in [-0.2, 0) is 17.6 Å². The summed E-state index contributed by atoms with van der Waals surface area (Å²) in [5.74, 6) is 2.44. The van der Waals surface area contributed by atoms with Crippen molar-refractivity contribution in [3.05, 3.63) is 35.8 Å². The summed E-state index contributed by atoms with van der Waals surface area (Å²) in [6.45, 7) is 3.65. The van der Waals surface area contributed by atoms with Gasteiger partial charge in [0.1, 0.15) is 5.82 Å². The van der Waals surface area contributed by atoms with Gasteiger partial charge in [0, 0.05) is 31.8 Å². The van der Waals surface area contributed by atoms with Crippen LogP contribution in [0.2, 0.25) is 0 Å². The number of amides is 1. The van der Waals surface area contributed by atoms with Crippen molar-refractivity contribution in [2.75, 3.05) is 13.1 Å². The summed E-state index contributed by atoms with van der Waals surface area (Å²) in [6.07, 6.45) is 7.40. The zero-order valence-corrected chi connectivity index (χ0v) is 12.9. The molecule has 3 rings (SSSR count). The Balaban J connectivity index is 1.47. The number of H-pyrrole nitrogens is 1. The minimum absolute atomic E-state index is 0.226. The smallest absolute Gasteiger partial charge is 0.222 e. The lowest BCUT2D eigenvalue weighted by molar-refractivity contribution is -0.132. The molecule has 6 heteroatoms. The van der Waals surface area contributed by atoms with Crippen molar-refractivity contribution < 1.29 is 9.21 Å². The third-order valence-electron chi connectivity index (χ3n) is 4.30. The number of piperidine rings is 1. The first-order valence-corrected chi connectivity index (χ1v) is 7.96. The third kappa shape index (κ3) is 3.37. The topological polar surface area (TPSA) is 75.0 Å². The first-order chi connectivity index (χ1) is 10.8. The van der Waals surface area contributed by atoms with Gasteiger partial charge in [-0.2, -0.15) is 5.10 Å². The van der Waals surface area contributed by atoms with E-state index in [1.807, 2.05) is 11.0 Å². The van der Waals surface area contributed by atoms with E-state index in [9.17, 15) is 4.79 Å². The quantitative estimate of drug-likeness (QED) is 0.919. The lowest BCUT2D eigenvalue weighted by Gasteiger charge is -2.30. The van der Waals surface area contributed by atoms with Gasteiger partial charge in [-0.1, -0.05) is 6.92 Å². The third-order valence-corrected chi connectivity index (χ3v) is 4.30. The molecule has 3 heterocycles. The van der Waals surface area contributed by atoms with E-state index in [-0.39, 0.29) is 5.91 Å². The number of aromatic amines is 1. The van der Waals surface area contributed by atoms with Gasteiger partial charge < -0.3 is 9.32 Å². The fraction of sp³-hybridized carbons (Fsp3) is 0.562.